The maximum absolute atomic E-state index is 4.51. The van der Waals surface area contributed by atoms with Crippen molar-refractivity contribution in [2.75, 3.05) is 6.54 Å². The predicted molar refractivity (Wildman–Crippen MR) is 85.0 cm³/mol. The zero-order valence-corrected chi connectivity index (χ0v) is 12.4. The molecule has 0 radical (unpaired) electrons. The predicted octanol–water partition coefficient (Wildman–Crippen LogP) is 3.46. The van der Waals surface area contributed by atoms with E-state index in [4.69, 9.17) is 0 Å². The number of fused-ring (bicyclic) bond motifs is 2. The molecule has 1 aliphatic carbocycles. The van der Waals surface area contributed by atoms with Gasteiger partial charge in [-0.3, -0.25) is 9.88 Å². The minimum atomic E-state index is 0.685. The Kier molecular flexibility index (Phi) is 3.48. The molecule has 0 spiro atoms. The molecule has 108 valence electrons. The Bertz CT molecular complexity index is 608. The van der Waals surface area contributed by atoms with E-state index in [1.165, 1.54) is 37.9 Å². The molecule has 2 aliphatic heterocycles. The van der Waals surface area contributed by atoms with Crippen LogP contribution in [-0.2, 0) is 19.4 Å². The first kappa shape index (κ1) is 13.0. The van der Waals surface area contributed by atoms with Crippen LogP contribution in [-0.4, -0.2) is 22.5 Å². The number of piperidine rings is 1. The van der Waals surface area contributed by atoms with E-state index in [2.05, 4.69) is 46.3 Å². The van der Waals surface area contributed by atoms with Crippen molar-refractivity contribution >= 4 is 0 Å². The molecule has 3 aliphatic rings. The van der Waals surface area contributed by atoms with Gasteiger partial charge in [-0.15, -0.1) is 0 Å². The molecule has 2 heteroatoms. The molecule has 1 fully saturated rings. The third-order valence-corrected chi connectivity index (χ3v) is 5.09. The summed E-state index contributed by atoms with van der Waals surface area (Å²) < 4.78 is 0. The van der Waals surface area contributed by atoms with E-state index in [1.54, 1.807) is 11.1 Å². The highest BCUT2D eigenvalue weighted by atomic mass is 15.2. The van der Waals surface area contributed by atoms with Gasteiger partial charge in [-0.05, 0) is 54.9 Å². The highest BCUT2D eigenvalue weighted by Gasteiger charge is 2.31. The summed E-state index contributed by atoms with van der Waals surface area (Å²) in [6.07, 6.45) is 7.09. The van der Waals surface area contributed by atoms with Crippen molar-refractivity contribution in [3.63, 3.8) is 0 Å². The van der Waals surface area contributed by atoms with Gasteiger partial charge < -0.3 is 0 Å². The molecule has 1 saturated heterocycles. The Labute approximate surface area is 126 Å². The number of pyridine rings is 1. The summed E-state index contributed by atoms with van der Waals surface area (Å²) in [5.74, 6) is 0.811. The van der Waals surface area contributed by atoms with Gasteiger partial charge in [0, 0.05) is 25.3 Å². The van der Waals surface area contributed by atoms with Gasteiger partial charge >= 0.3 is 0 Å². The molecule has 2 atom stereocenters. The average molecular weight is 278 g/mol. The molecule has 2 nitrogen and oxygen atoms in total. The second-order valence-corrected chi connectivity index (χ2v) is 6.52. The molecule has 0 unspecified atom stereocenters. The highest BCUT2D eigenvalue weighted by Crippen LogP contribution is 2.32. The molecule has 5 rings (SSSR count). The first-order valence-corrected chi connectivity index (χ1v) is 8.09. The van der Waals surface area contributed by atoms with Crippen molar-refractivity contribution in [1.82, 2.24) is 9.88 Å². The van der Waals surface area contributed by atoms with Crippen LogP contribution in [0.3, 0.4) is 0 Å². The molecule has 2 bridgehead atoms. The topological polar surface area (TPSA) is 16.1 Å². The summed E-state index contributed by atoms with van der Waals surface area (Å²) >= 11 is 0. The number of benzene rings is 1. The Morgan fingerprint density at radius 2 is 1.76 bits per heavy atom. The second-order valence-electron chi connectivity index (χ2n) is 6.52. The number of nitrogens with zero attached hydrogens (tertiary/aromatic N) is 2. The molecule has 0 N–H and O–H groups in total. The minimum absolute atomic E-state index is 0.685. The van der Waals surface area contributed by atoms with Gasteiger partial charge in [-0.25, -0.2) is 0 Å². The number of hydrogen-bond donors (Lipinski definition) is 0. The largest absolute Gasteiger partial charge is 0.294 e. The van der Waals surface area contributed by atoms with E-state index in [0.717, 1.165) is 12.5 Å². The van der Waals surface area contributed by atoms with Crippen molar-refractivity contribution in [3.8, 4) is 0 Å². The molecule has 3 heterocycles. The SMILES string of the molecule is c1ccc(CN2C[C@@H]3CC[C@H]2Cc2ccccc2C3)nc1. The molecule has 21 heavy (non-hydrogen) atoms. The zero-order chi connectivity index (χ0) is 14.1. The molecular formula is C19H22N2. The van der Waals surface area contributed by atoms with Crippen LogP contribution in [0.5, 0.6) is 0 Å². The van der Waals surface area contributed by atoms with Crippen molar-refractivity contribution < 1.29 is 0 Å². The third-order valence-electron chi connectivity index (χ3n) is 5.09. The Morgan fingerprint density at radius 1 is 0.952 bits per heavy atom. The van der Waals surface area contributed by atoms with E-state index in [0.29, 0.717) is 6.04 Å². The van der Waals surface area contributed by atoms with E-state index >= 15 is 0 Å². The fourth-order valence-corrected chi connectivity index (χ4v) is 3.99. The van der Waals surface area contributed by atoms with Crippen LogP contribution in [0.15, 0.2) is 48.7 Å². The lowest BCUT2D eigenvalue weighted by Gasteiger charge is -2.42. The fourth-order valence-electron chi connectivity index (χ4n) is 3.99. The maximum atomic E-state index is 4.51. The van der Waals surface area contributed by atoms with Gasteiger partial charge in [-0.1, -0.05) is 30.3 Å². The van der Waals surface area contributed by atoms with Gasteiger partial charge in [-0.2, -0.15) is 0 Å². The van der Waals surface area contributed by atoms with Crippen molar-refractivity contribution in [1.29, 1.82) is 0 Å². The summed E-state index contributed by atoms with van der Waals surface area (Å²) in [6, 6.07) is 16.0. The lowest BCUT2D eigenvalue weighted by molar-refractivity contribution is 0.0925. The molecule has 0 amide bonds. The maximum Gasteiger partial charge on any atom is 0.0544 e. The summed E-state index contributed by atoms with van der Waals surface area (Å²) in [5, 5.41) is 0. The monoisotopic (exact) mass is 278 g/mol. The molecule has 1 aromatic carbocycles. The van der Waals surface area contributed by atoms with E-state index in [-0.39, 0.29) is 0 Å². The third kappa shape index (κ3) is 2.73. The van der Waals surface area contributed by atoms with Crippen LogP contribution in [0.4, 0.5) is 0 Å². The summed E-state index contributed by atoms with van der Waals surface area (Å²) in [7, 11) is 0. The Morgan fingerprint density at radius 3 is 2.57 bits per heavy atom. The van der Waals surface area contributed by atoms with Gasteiger partial charge in [0.1, 0.15) is 0 Å². The van der Waals surface area contributed by atoms with Crippen molar-refractivity contribution in [3.05, 3.63) is 65.5 Å². The first-order chi connectivity index (χ1) is 10.4. The van der Waals surface area contributed by atoms with Crippen molar-refractivity contribution in [2.24, 2.45) is 5.92 Å². The summed E-state index contributed by atoms with van der Waals surface area (Å²) in [4.78, 5) is 7.19. The second kappa shape index (κ2) is 5.61. The summed E-state index contributed by atoms with van der Waals surface area (Å²) in [6.45, 7) is 2.24. The van der Waals surface area contributed by atoms with E-state index in [1.807, 2.05) is 12.3 Å². The Hall–Kier alpha value is -1.67. The highest BCUT2D eigenvalue weighted by molar-refractivity contribution is 5.30. The van der Waals surface area contributed by atoms with Crippen LogP contribution < -0.4 is 0 Å². The number of hydrogen-bond acceptors (Lipinski definition) is 2. The molecule has 1 aromatic heterocycles. The van der Waals surface area contributed by atoms with Crippen LogP contribution in [0.1, 0.15) is 29.7 Å². The van der Waals surface area contributed by atoms with Crippen molar-refractivity contribution in [2.45, 2.75) is 38.3 Å². The fraction of sp³-hybridized carbons (Fsp3) is 0.421. The molecule has 0 saturated carbocycles. The van der Waals surface area contributed by atoms with Crippen LogP contribution in [0.25, 0.3) is 0 Å². The number of aromatic nitrogens is 1. The van der Waals surface area contributed by atoms with Crippen LogP contribution >= 0.6 is 0 Å². The first-order valence-electron chi connectivity index (χ1n) is 8.09. The lowest BCUT2D eigenvalue weighted by Crippen LogP contribution is -2.46. The quantitative estimate of drug-likeness (QED) is 0.836. The van der Waals surface area contributed by atoms with E-state index < -0.39 is 0 Å². The standard InChI is InChI=1S/C19H22N2/c1-2-6-17-12-19-9-8-15(11-16(17)5-1)13-21(19)14-18-7-3-4-10-20-18/h1-7,10,15,19H,8-9,11-14H2/t15-,19+/m1/s1. The van der Waals surface area contributed by atoms with Crippen LogP contribution in [0, 0.1) is 5.92 Å². The normalized spacial score (nSPS) is 25.1. The molecular weight excluding hydrogens is 256 g/mol. The Balaban J connectivity index is 1.59. The lowest BCUT2D eigenvalue weighted by atomic mass is 9.80. The zero-order valence-electron chi connectivity index (χ0n) is 12.4. The van der Waals surface area contributed by atoms with Gasteiger partial charge in [0.25, 0.3) is 0 Å². The number of rotatable bonds is 2. The summed E-state index contributed by atoms with van der Waals surface area (Å²) in [5.41, 5.74) is 4.36. The smallest absolute Gasteiger partial charge is 0.0544 e. The van der Waals surface area contributed by atoms with Gasteiger partial charge in [0.15, 0.2) is 0 Å². The minimum Gasteiger partial charge on any atom is -0.294 e. The van der Waals surface area contributed by atoms with Crippen LogP contribution in [0.2, 0.25) is 0 Å². The molecule has 2 aromatic rings. The van der Waals surface area contributed by atoms with Gasteiger partial charge in [0.2, 0.25) is 0 Å². The van der Waals surface area contributed by atoms with E-state index in [9.17, 15) is 0 Å². The van der Waals surface area contributed by atoms with Gasteiger partial charge in [0.05, 0.1) is 5.69 Å². The average Bonchev–Trinajstić information content (AvgIpc) is 2.49.